The molecular weight excluding hydrogens is 478 g/mol. The van der Waals surface area contributed by atoms with E-state index in [-0.39, 0.29) is 5.91 Å². The van der Waals surface area contributed by atoms with Crippen LogP contribution in [0.3, 0.4) is 0 Å². The Morgan fingerprint density at radius 1 is 0.861 bits per heavy atom. The summed E-state index contributed by atoms with van der Waals surface area (Å²) in [4.78, 5) is 13.9. The molecule has 0 saturated carbocycles. The molecule has 0 aliphatic carbocycles. The second-order valence-corrected chi connectivity index (χ2v) is 8.65. The highest BCUT2D eigenvalue weighted by Gasteiger charge is 2.22. The zero-order valence-electron chi connectivity index (χ0n) is 20.5. The maximum absolute atomic E-state index is 13.0. The van der Waals surface area contributed by atoms with Gasteiger partial charge in [-0.25, -0.2) is 0 Å². The molecule has 1 atom stereocenters. The number of carbonyl (C=O) groups is 1. The molecule has 4 aromatic rings. The van der Waals surface area contributed by atoms with Crippen LogP contribution >= 0.6 is 11.5 Å². The maximum Gasteiger partial charge on any atom is 0.287 e. The van der Waals surface area contributed by atoms with E-state index in [0.717, 1.165) is 27.1 Å². The summed E-state index contributed by atoms with van der Waals surface area (Å²) >= 11 is 1.35. The predicted octanol–water partition coefficient (Wildman–Crippen LogP) is 4.43. The molecule has 1 amide bonds. The monoisotopic (exact) mass is 506 g/mol. The van der Waals surface area contributed by atoms with Crippen LogP contribution in [0.5, 0.6) is 23.0 Å². The first-order valence-electron chi connectivity index (χ1n) is 11.1. The van der Waals surface area contributed by atoms with Crippen molar-refractivity contribution in [1.29, 1.82) is 0 Å². The van der Waals surface area contributed by atoms with Gasteiger partial charge in [-0.3, -0.25) is 4.79 Å². The maximum atomic E-state index is 13.0. The largest absolute Gasteiger partial charge is 0.495 e. The highest BCUT2D eigenvalue weighted by Crippen LogP contribution is 2.45. The lowest BCUT2D eigenvalue weighted by molar-refractivity contribution is -0.408. The van der Waals surface area contributed by atoms with E-state index in [2.05, 4.69) is 15.4 Å². The lowest BCUT2D eigenvalue weighted by Gasteiger charge is -2.15. The number of nitrogens with zero attached hydrogens (tertiary/aromatic N) is 1. The van der Waals surface area contributed by atoms with Crippen LogP contribution in [-0.2, 0) is 4.79 Å². The first kappa shape index (κ1) is 25.0. The molecule has 0 aliphatic rings. The fourth-order valence-electron chi connectivity index (χ4n) is 3.90. The van der Waals surface area contributed by atoms with Crippen LogP contribution in [0.1, 0.15) is 11.6 Å². The summed E-state index contributed by atoms with van der Waals surface area (Å²) in [6.45, 7) is 0. The molecule has 0 radical (unpaired) electrons. The van der Waals surface area contributed by atoms with Crippen molar-refractivity contribution in [2.24, 2.45) is 0 Å². The summed E-state index contributed by atoms with van der Waals surface area (Å²) in [5, 5.41) is 2.97. The van der Waals surface area contributed by atoms with Gasteiger partial charge in [0.25, 0.3) is 5.91 Å². The Balaban J connectivity index is 1.71. The number of rotatable bonds is 9. The van der Waals surface area contributed by atoms with Crippen LogP contribution in [0.4, 0.5) is 5.69 Å². The third kappa shape index (κ3) is 4.98. The van der Waals surface area contributed by atoms with Crippen LogP contribution in [0.2, 0.25) is 0 Å². The molecule has 0 unspecified atom stereocenters. The molecule has 9 heteroatoms. The van der Waals surface area contributed by atoms with Crippen molar-refractivity contribution >= 4 is 23.1 Å². The number of quaternary nitrogens is 1. The normalized spacial score (nSPS) is 11.5. The fraction of sp³-hybridized carbons (Fsp3) is 0.185. The van der Waals surface area contributed by atoms with Gasteiger partial charge in [0.1, 0.15) is 5.75 Å². The Bertz CT molecular complexity index is 1330. The summed E-state index contributed by atoms with van der Waals surface area (Å²) in [5.41, 5.74) is 8.04. The van der Waals surface area contributed by atoms with Crippen LogP contribution < -0.4 is 30.0 Å². The first-order valence-corrected chi connectivity index (χ1v) is 11.9. The molecule has 4 rings (SSSR count). The van der Waals surface area contributed by atoms with Crippen molar-refractivity contribution in [3.05, 3.63) is 72.4 Å². The molecule has 4 N–H and O–H groups in total. The SMILES string of the molecule is COc1ccc(-c2cnsc2-c2cc(OC)c(OC)c(OC)c2)cc1NC(=O)[C@H]([NH3+])c1ccccc1. The average Bonchev–Trinajstić information content (AvgIpc) is 3.42. The van der Waals surface area contributed by atoms with Gasteiger partial charge in [-0.2, -0.15) is 4.37 Å². The summed E-state index contributed by atoms with van der Waals surface area (Å²) in [5.74, 6) is 1.94. The highest BCUT2D eigenvalue weighted by molar-refractivity contribution is 7.10. The van der Waals surface area contributed by atoms with Gasteiger partial charge in [-0.1, -0.05) is 36.4 Å². The molecule has 0 fully saturated rings. The van der Waals surface area contributed by atoms with Crippen LogP contribution in [0.15, 0.2) is 66.9 Å². The Kier molecular flexibility index (Phi) is 7.72. The van der Waals surface area contributed by atoms with Crippen LogP contribution in [0, 0.1) is 0 Å². The highest BCUT2D eigenvalue weighted by atomic mass is 32.1. The van der Waals surface area contributed by atoms with Gasteiger partial charge in [-0.05, 0) is 41.4 Å². The van der Waals surface area contributed by atoms with Crippen molar-refractivity contribution in [2.75, 3.05) is 33.8 Å². The fourth-order valence-corrected chi connectivity index (χ4v) is 4.65. The van der Waals surface area contributed by atoms with Crippen molar-refractivity contribution in [1.82, 2.24) is 4.37 Å². The smallest absolute Gasteiger partial charge is 0.287 e. The molecule has 1 aromatic heterocycles. The Morgan fingerprint density at radius 3 is 2.14 bits per heavy atom. The molecule has 0 aliphatic heterocycles. The number of amides is 1. The van der Waals surface area contributed by atoms with Crippen molar-refractivity contribution in [3.8, 4) is 44.6 Å². The average molecular weight is 507 g/mol. The molecular formula is C27H28N3O5S+. The first-order chi connectivity index (χ1) is 17.5. The molecule has 0 bridgehead atoms. The molecule has 1 heterocycles. The Hall–Kier alpha value is -4.08. The number of hydrogen-bond acceptors (Lipinski definition) is 7. The van der Waals surface area contributed by atoms with Gasteiger partial charge in [0.05, 0.1) is 39.0 Å². The lowest BCUT2D eigenvalue weighted by atomic mass is 10.0. The minimum Gasteiger partial charge on any atom is -0.495 e. The molecule has 8 nitrogen and oxygen atoms in total. The molecule has 186 valence electrons. The summed E-state index contributed by atoms with van der Waals surface area (Å²) < 4.78 is 26.4. The quantitative estimate of drug-likeness (QED) is 0.348. The zero-order chi connectivity index (χ0) is 25.7. The third-order valence-corrected chi connectivity index (χ3v) is 6.63. The van der Waals surface area contributed by atoms with Gasteiger partial charge >= 0.3 is 0 Å². The zero-order valence-corrected chi connectivity index (χ0v) is 21.3. The predicted molar refractivity (Wildman–Crippen MR) is 140 cm³/mol. The van der Waals surface area contributed by atoms with E-state index in [1.54, 1.807) is 34.6 Å². The number of methoxy groups -OCH3 is 4. The Labute approximate surface area is 213 Å². The van der Waals surface area contributed by atoms with E-state index in [4.69, 9.17) is 18.9 Å². The van der Waals surface area contributed by atoms with Crippen molar-refractivity contribution in [2.45, 2.75) is 6.04 Å². The second-order valence-electron chi connectivity index (χ2n) is 7.85. The number of aromatic nitrogens is 1. The minimum atomic E-state index is -0.572. The number of hydrogen-bond donors (Lipinski definition) is 2. The molecule has 3 aromatic carbocycles. The van der Waals surface area contributed by atoms with Crippen molar-refractivity contribution < 1.29 is 29.5 Å². The number of carbonyl (C=O) groups excluding carboxylic acids is 1. The summed E-state index contributed by atoms with van der Waals surface area (Å²) in [6, 6.07) is 18.3. The number of anilines is 1. The topological polar surface area (TPSA) is 107 Å². The van der Waals surface area contributed by atoms with E-state index in [9.17, 15) is 4.79 Å². The van der Waals surface area contributed by atoms with E-state index < -0.39 is 6.04 Å². The van der Waals surface area contributed by atoms with E-state index in [0.29, 0.717) is 28.7 Å². The van der Waals surface area contributed by atoms with Gasteiger partial charge in [0.2, 0.25) is 5.75 Å². The van der Waals surface area contributed by atoms with Crippen LogP contribution in [-0.4, -0.2) is 38.7 Å². The summed E-state index contributed by atoms with van der Waals surface area (Å²) in [7, 11) is 6.30. The standard InChI is InChI=1S/C27H27N3O5S/c1-32-21-11-10-17(12-20(21)30-27(31)24(28)16-8-6-5-7-9-16)19-15-29-36-26(19)18-13-22(33-2)25(35-4)23(14-18)34-3/h5-15,24H,28H2,1-4H3,(H,30,31)/p+1/t24-/m1/s1. The lowest BCUT2D eigenvalue weighted by Crippen LogP contribution is -2.58. The van der Waals surface area contributed by atoms with E-state index in [1.807, 2.05) is 60.7 Å². The third-order valence-electron chi connectivity index (χ3n) is 5.78. The molecule has 0 saturated heterocycles. The summed E-state index contributed by atoms with van der Waals surface area (Å²) in [6.07, 6.45) is 1.80. The number of nitrogens with one attached hydrogen (secondary N) is 1. The Morgan fingerprint density at radius 2 is 1.53 bits per heavy atom. The van der Waals surface area contributed by atoms with E-state index in [1.165, 1.54) is 11.5 Å². The van der Waals surface area contributed by atoms with E-state index >= 15 is 0 Å². The van der Waals surface area contributed by atoms with Gasteiger partial charge in [-0.15, -0.1) is 0 Å². The van der Waals surface area contributed by atoms with Gasteiger partial charge in [0, 0.05) is 22.9 Å². The number of ether oxygens (including phenoxy) is 4. The molecule has 0 spiro atoms. The number of benzene rings is 3. The van der Waals surface area contributed by atoms with Crippen molar-refractivity contribution in [3.63, 3.8) is 0 Å². The van der Waals surface area contributed by atoms with Gasteiger partial charge in [0.15, 0.2) is 17.5 Å². The molecule has 36 heavy (non-hydrogen) atoms. The van der Waals surface area contributed by atoms with Crippen LogP contribution in [0.25, 0.3) is 21.6 Å². The minimum absolute atomic E-state index is 0.232. The van der Waals surface area contributed by atoms with Gasteiger partial charge < -0.3 is 30.0 Å². The second kappa shape index (κ2) is 11.1.